The van der Waals surface area contributed by atoms with Gasteiger partial charge in [-0.05, 0) is 24.6 Å². The fourth-order valence-electron chi connectivity index (χ4n) is 2.11. The second kappa shape index (κ2) is 6.36. The summed E-state index contributed by atoms with van der Waals surface area (Å²) in [4.78, 5) is 23.3. The molecule has 0 saturated carbocycles. The van der Waals surface area contributed by atoms with E-state index in [9.17, 15) is 9.59 Å². The molecule has 0 aliphatic carbocycles. The molecule has 1 aromatic rings. The maximum absolute atomic E-state index is 12.0. The van der Waals surface area contributed by atoms with Crippen molar-refractivity contribution in [3.63, 3.8) is 0 Å². The van der Waals surface area contributed by atoms with E-state index in [0.29, 0.717) is 23.4 Å². The molecule has 2 rings (SSSR count). The molecule has 1 amide bonds. The highest BCUT2D eigenvalue weighted by atomic mass is 16.5. The van der Waals surface area contributed by atoms with Crippen LogP contribution >= 0.6 is 0 Å². The fourth-order valence-corrected chi connectivity index (χ4v) is 2.11. The van der Waals surface area contributed by atoms with Crippen molar-refractivity contribution >= 4 is 17.4 Å². The van der Waals surface area contributed by atoms with Crippen LogP contribution in [-0.2, 0) is 4.79 Å². The number of anilines is 1. The van der Waals surface area contributed by atoms with Crippen LogP contribution in [0.5, 0.6) is 5.75 Å². The Hall–Kier alpha value is -1.84. The van der Waals surface area contributed by atoms with Gasteiger partial charge in [0.25, 0.3) is 5.91 Å². The van der Waals surface area contributed by atoms with E-state index in [2.05, 4.69) is 12.2 Å². The smallest absolute Gasteiger partial charge is 0.262 e. The first-order chi connectivity index (χ1) is 9.20. The maximum Gasteiger partial charge on any atom is 0.262 e. The van der Waals surface area contributed by atoms with Crippen molar-refractivity contribution in [2.24, 2.45) is 0 Å². The van der Waals surface area contributed by atoms with Gasteiger partial charge in [-0.25, -0.2) is 0 Å². The summed E-state index contributed by atoms with van der Waals surface area (Å²) in [6, 6.07) is 5.21. The van der Waals surface area contributed by atoms with Gasteiger partial charge >= 0.3 is 0 Å². The van der Waals surface area contributed by atoms with E-state index in [1.54, 1.807) is 18.2 Å². The standard InChI is InChI=1S/C15H19NO3/c1-2-3-4-5-6-13(17)11-7-8-14-12(9-11)16-15(18)10-19-14/h7-9H,2-6,10H2,1H3,(H,16,18). The van der Waals surface area contributed by atoms with Crippen molar-refractivity contribution < 1.29 is 14.3 Å². The number of ketones is 1. The first-order valence-electron chi connectivity index (χ1n) is 6.80. The minimum absolute atomic E-state index is 0.0390. The number of carbonyl (C=O) groups is 2. The molecule has 19 heavy (non-hydrogen) atoms. The molecule has 1 aliphatic rings. The third-order valence-electron chi connectivity index (χ3n) is 3.19. The van der Waals surface area contributed by atoms with Crippen LogP contribution in [0.1, 0.15) is 49.4 Å². The number of rotatable bonds is 6. The second-order valence-electron chi connectivity index (χ2n) is 4.78. The van der Waals surface area contributed by atoms with Crippen LogP contribution in [0.4, 0.5) is 5.69 Å². The van der Waals surface area contributed by atoms with Crippen molar-refractivity contribution in [1.29, 1.82) is 0 Å². The van der Waals surface area contributed by atoms with Gasteiger partial charge in [0, 0.05) is 12.0 Å². The summed E-state index contributed by atoms with van der Waals surface area (Å²) in [5.74, 6) is 0.570. The molecular formula is C15H19NO3. The Balaban J connectivity index is 1.99. The Kier molecular flexibility index (Phi) is 4.55. The zero-order valence-corrected chi connectivity index (χ0v) is 11.2. The highest BCUT2D eigenvalue weighted by Gasteiger charge is 2.17. The number of nitrogens with one attached hydrogen (secondary N) is 1. The summed E-state index contributed by atoms with van der Waals surface area (Å²) in [5, 5.41) is 2.72. The Labute approximate surface area is 113 Å². The largest absolute Gasteiger partial charge is 0.482 e. The van der Waals surface area contributed by atoms with Crippen molar-refractivity contribution in [2.75, 3.05) is 11.9 Å². The normalized spacial score (nSPS) is 13.4. The number of benzene rings is 1. The van der Waals surface area contributed by atoms with Gasteiger partial charge in [-0.1, -0.05) is 26.2 Å². The van der Waals surface area contributed by atoms with Gasteiger partial charge in [0.15, 0.2) is 12.4 Å². The van der Waals surface area contributed by atoms with E-state index >= 15 is 0 Å². The summed E-state index contributed by atoms with van der Waals surface area (Å²) in [6.07, 6.45) is 4.91. The average molecular weight is 261 g/mol. The van der Waals surface area contributed by atoms with Gasteiger partial charge in [0.05, 0.1) is 5.69 Å². The number of amides is 1. The number of fused-ring (bicyclic) bond motifs is 1. The minimum Gasteiger partial charge on any atom is -0.482 e. The summed E-state index contributed by atoms with van der Waals surface area (Å²) in [5.41, 5.74) is 1.23. The predicted octanol–water partition coefficient (Wildman–Crippen LogP) is 3.17. The van der Waals surface area contributed by atoms with Gasteiger partial charge in [-0.15, -0.1) is 0 Å². The summed E-state index contributed by atoms with van der Waals surface area (Å²) < 4.78 is 5.26. The van der Waals surface area contributed by atoms with Gasteiger partial charge < -0.3 is 10.1 Å². The quantitative estimate of drug-likeness (QED) is 0.632. The lowest BCUT2D eigenvalue weighted by Crippen LogP contribution is -2.25. The number of hydrogen-bond donors (Lipinski definition) is 1. The van der Waals surface area contributed by atoms with Crippen LogP contribution in [0, 0.1) is 0 Å². The molecule has 0 aromatic heterocycles. The number of unbranched alkanes of at least 4 members (excludes halogenated alkanes) is 3. The van der Waals surface area contributed by atoms with Gasteiger partial charge in [0.1, 0.15) is 5.75 Å². The van der Waals surface area contributed by atoms with Crippen molar-refractivity contribution in [3.8, 4) is 5.75 Å². The second-order valence-corrected chi connectivity index (χ2v) is 4.78. The predicted molar refractivity (Wildman–Crippen MR) is 73.7 cm³/mol. The molecule has 1 N–H and O–H groups in total. The van der Waals surface area contributed by atoms with E-state index in [4.69, 9.17) is 4.74 Å². The van der Waals surface area contributed by atoms with Gasteiger partial charge in [-0.3, -0.25) is 9.59 Å². The maximum atomic E-state index is 12.0. The summed E-state index contributed by atoms with van der Waals surface area (Å²) in [7, 11) is 0. The zero-order chi connectivity index (χ0) is 13.7. The first kappa shape index (κ1) is 13.6. The molecule has 0 radical (unpaired) electrons. The number of hydrogen-bond acceptors (Lipinski definition) is 3. The number of ether oxygens (including phenoxy) is 1. The Bertz CT molecular complexity index is 482. The molecule has 4 nitrogen and oxygen atoms in total. The highest BCUT2D eigenvalue weighted by Crippen LogP contribution is 2.29. The molecule has 102 valence electrons. The molecule has 0 bridgehead atoms. The molecular weight excluding hydrogens is 242 g/mol. The van der Waals surface area contributed by atoms with Crippen molar-refractivity contribution in [1.82, 2.24) is 0 Å². The van der Waals surface area contributed by atoms with Crippen LogP contribution < -0.4 is 10.1 Å². The lowest BCUT2D eigenvalue weighted by molar-refractivity contribution is -0.118. The minimum atomic E-state index is -0.181. The summed E-state index contributed by atoms with van der Waals surface area (Å²) >= 11 is 0. The monoisotopic (exact) mass is 261 g/mol. The molecule has 0 saturated heterocycles. The molecule has 0 atom stereocenters. The molecule has 1 aromatic carbocycles. The Morgan fingerprint density at radius 2 is 2.16 bits per heavy atom. The Morgan fingerprint density at radius 3 is 2.95 bits per heavy atom. The topological polar surface area (TPSA) is 55.4 Å². The lowest BCUT2D eigenvalue weighted by atomic mass is 10.0. The summed E-state index contributed by atoms with van der Waals surface area (Å²) in [6.45, 7) is 2.19. The van der Waals surface area contributed by atoms with Crippen LogP contribution in [0.25, 0.3) is 0 Å². The van der Waals surface area contributed by atoms with E-state index in [0.717, 1.165) is 19.3 Å². The van der Waals surface area contributed by atoms with Crippen LogP contribution in [0.15, 0.2) is 18.2 Å². The molecule has 0 spiro atoms. The molecule has 0 unspecified atom stereocenters. The molecule has 1 aliphatic heterocycles. The molecule has 0 fully saturated rings. The lowest BCUT2D eigenvalue weighted by Gasteiger charge is -2.18. The Morgan fingerprint density at radius 1 is 1.32 bits per heavy atom. The van der Waals surface area contributed by atoms with E-state index in [1.807, 2.05) is 0 Å². The molecule has 4 heteroatoms. The number of carbonyl (C=O) groups excluding carboxylic acids is 2. The van der Waals surface area contributed by atoms with Gasteiger partial charge in [-0.2, -0.15) is 0 Å². The van der Waals surface area contributed by atoms with Crippen LogP contribution in [-0.4, -0.2) is 18.3 Å². The third kappa shape index (κ3) is 3.56. The van der Waals surface area contributed by atoms with Crippen molar-refractivity contribution in [2.45, 2.75) is 39.0 Å². The third-order valence-corrected chi connectivity index (χ3v) is 3.19. The van der Waals surface area contributed by atoms with Gasteiger partial charge in [0.2, 0.25) is 0 Å². The van der Waals surface area contributed by atoms with Crippen LogP contribution in [0.2, 0.25) is 0 Å². The SMILES string of the molecule is CCCCCCC(=O)c1ccc2c(c1)NC(=O)CO2. The number of Topliss-reactive ketones (excluding diaryl/α,β-unsaturated/α-hetero) is 1. The van der Waals surface area contributed by atoms with Crippen molar-refractivity contribution in [3.05, 3.63) is 23.8 Å². The van der Waals surface area contributed by atoms with E-state index < -0.39 is 0 Å². The highest BCUT2D eigenvalue weighted by molar-refractivity contribution is 6.00. The average Bonchev–Trinajstić information content (AvgIpc) is 2.42. The van der Waals surface area contributed by atoms with Crippen LogP contribution in [0.3, 0.4) is 0 Å². The van der Waals surface area contributed by atoms with E-state index in [-0.39, 0.29) is 18.3 Å². The first-order valence-corrected chi connectivity index (χ1v) is 6.80. The van der Waals surface area contributed by atoms with E-state index in [1.165, 1.54) is 6.42 Å². The fraction of sp³-hybridized carbons (Fsp3) is 0.467. The molecule has 1 heterocycles. The zero-order valence-electron chi connectivity index (χ0n) is 11.2.